The molecule has 0 radical (unpaired) electrons. The van der Waals surface area contributed by atoms with Crippen LogP contribution in [0.25, 0.3) is 38.8 Å². The standard InChI is InChI=1S/C59H63N4S/c1-56(2,3)40-19-15-18-39(30-40)48-23-17-25-53-55(48)63(45-32-42(58(7,8)9)31-43(33-45)59(10,11)12)37-62(53,38-63)44-20-16-21-46(35-44)64-47-26-27-50-49-22-13-14-24-51(49)61(52(50)36-47)54-34-41(28-29-60-54)57(4,5)6/h13-37H,38H2,1-12H3/q+1/t62-,63+/m1/s1. The Morgan fingerprint density at radius 2 is 1.12 bits per heavy atom. The lowest BCUT2D eigenvalue weighted by molar-refractivity contribution is 0.187. The minimum atomic E-state index is 0.00413. The fourth-order valence-corrected chi connectivity index (χ4v) is 11.0. The zero-order valence-electron chi connectivity index (χ0n) is 39.8. The zero-order chi connectivity index (χ0) is 45.2. The van der Waals surface area contributed by atoms with Gasteiger partial charge in [-0.15, -0.1) is 0 Å². The van der Waals surface area contributed by atoms with Crippen LogP contribution in [0.3, 0.4) is 0 Å². The molecule has 5 heteroatoms. The molecule has 2 bridgehead atoms. The first-order valence-corrected chi connectivity index (χ1v) is 23.8. The first-order valence-electron chi connectivity index (χ1n) is 23.0. The smallest absolute Gasteiger partial charge is 0.188 e. The van der Waals surface area contributed by atoms with Gasteiger partial charge in [-0.2, -0.15) is 0 Å². The number of para-hydroxylation sites is 2. The molecule has 6 aromatic carbocycles. The molecule has 0 amide bonds. The summed E-state index contributed by atoms with van der Waals surface area (Å²) in [5.74, 6) is 0.952. The lowest BCUT2D eigenvalue weighted by atomic mass is 9.80. The van der Waals surface area contributed by atoms with Crippen molar-refractivity contribution in [2.45, 2.75) is 115 Å². The van der Waals surface area contributed by atoms with Gasteiger partial charge in [0.1, 0.15) is 17.2 Å². The summed E-state index contributed by atoms with van der Waals surface area (Å²) in [5, 5.41) is 2.48. The Morgan fingerprint density at radius 3 is 1.83 bits per heavy atom. The number of hydrogen-bond acceptors (Lipinski definition) is 2. The van der Waals surface area contributed by atoms with Crippen molar-refractivity contribution in [2.24, 2.45) is 0 Å². The third kappa shape index (κ3) is 6.94. The first-order chi connectivity index (χ1) is 30.2. The van der Waals surface area contributed by atoms with Gasteiger partial charge < -0.3 is 0 Å². The van der Waals surface area contributed by atoms with E-state index < -0.39 is 0 Å². The average molecular weight is 860 g/mol. The number of benzene rings is 6. The molecule has 2 atom stereocenters. The maximum atomic E-state index is 4.95. The van der Waals surface area contributed by atoms with Gasteiger partial charge in [-0.1, -0.05) is 162 Å². The van der Waals surface area contributed by atoms with E-state index in [2.05, 4.69) is 234 Å². The van der Waals surface area contributed by atoms with Crippen molar-refractivity contribution in [3.63, 3.8) is 0 Å². The number of pyridine rings is 1. The molecule has 3 aliphatic rings. The molecule has 64 heavy (non-hydrogen) atoms. The second kappa shape index (κ2) is 14.5. The molecule has 1 saturated heterocycles. The molecule has 0 aliphatic carbocycles. The second-order valence-corrected chi connectivity index (χ2v) is 23.7. The molecule has 3 aliphatic heterocycles. The summed E-state index contributed by atoms with van der Waals surface area (Å²) in [6, 6.07) is 53.2. The third-order valence-electron chi connectivity index (χ3n) is 13.8. The van der Waals surface area contributed by atoms with E-state index in [1.165, 1.54) is 87.7 Å². The van der Waals surface area contributed by atoms with Gasteiger partial charge in [0.15, 0.2) is 18.0 Å². The third-order valence-corrected chi connectivity index (χ3v) is 14.8. The average Bonchev–Trinajstić information content (AvgIpc) is 3.84. The van der Waals surface area contributed by atoms with Gasteiger partial charge in [-0.05, 0) is 98.0 Å². The summed E-state index contributed by atoms with van der Waals surface area (Å²) in [4.78, 5) is 7.38. The van der Waals surface area contributed by atoms with E-state index in [0.717, 1.165) is 12.5 Å². The summed E-state index contributed by atoms with van der Waals surface area (Å²) in [7, 11) is 0. The van der Waals surface area contributed by atoms with E-state index in [1.807, 2.05) is 18.0 Å². The molecule has 0 spiro atoms. The first kappa shape index (κ1) is 42.5. The van der Waals surface area contributed by atoms with Crippen molar-refractivity contribution in [1.82, 2.24) is 18.5 Å². The van der Waals surface area contributed by atoms with Gasteiger partial charge in [-0.3, -0.25) is 13.5 Å². The molecule has 1 fully saturated rings. The minimum absolute atomic E-state index is 0.00413. The summed E-state index contributed by atoms with van der Waals surface area (Å²) < 4.78 is 3.76. The number of quaternary nitrogens is 2. The van der Waals surface area contributed by atoms with E-state index in [4.69, 9.17) is 4.98 Å². The number of nitrogens with zero attached hydrogens (tertiary/aromatic N) is 4. The van der Waals surface area contributed by atoms with E-state index >= 15 is 0 Å². The Bertz CT molecular complexity index is 3100. The van der Waals surface area contributed by atoms with Crippen LogP contribution >= 0.6 is 11.8 Å². The van der Waals surface area contributed by atoms with Crippen molar-refractivity contribution >= 4 is 56.3 Å². The number of fused-ring (bicyclic) bond motifs is 3. The lowest BCUT2D eigenvalue weighted by Crippen LogP contribution is -2.67. The SMILES string of the molecule is CC(C)(C)c1cccc(-c2cccc3c2[N@@+]2(c4cc(C(C)(C)C)cc(C(C)(C)C)c4)[CH-][N@+]3(c3cccc(Sc4ccc5c6ccccc6n(-c6cc(C(C)(C)C)ccn6)c5c4)c3)C2)c1. The van der Waals surface area contributed by atoms with Gasteiger partial charge in [0.2, 0.25) is 0 Å². The topological polar surface area (TPSA) is 17.8 Å². The molecule has 0 N–H and O–H groups in total. The van der Waals surface area contributed by atoms with Crippen LogP contribution in [-0.2, 0) is 21.7 Å². The Balaban J connectivity index is 1.10. The minimum Gasteiger partial charge on any atom is -0.294 e. The number of aromatic nitrogens is 2. The number of rotatable bonds is 6. The van der Waals surface area contributed by atoms with Crippen LogP contribution in [0.5, 0.6) is 0 Å². The van der Waals surface area contributed by atoms with Crippen LogP contribution in [0.4, 0.5) is 22.7 Å². The fourth-order valence-electron chi connectivity index (χ4n) is 10.1. The molecular weight excluding hydrogens is 797 g/mol. The highest BCUT2D eigenvalue weighted by Crippen LogP contribution is 2.68. The van der Waals surface area contributed by atoms with Crippen LogP contribution in [0, 0.1) is 6.67 Å². The van der Waals surface area contributed by atoms with E-state index in [-0.39, 0.29) is 21.7 Å². The predicted octanol–water partition coefficient (Wildman–Crippen LogP) is 16.6. The van der Waals surface area contributed by atoms with E-state index in [0.29, 0.717) is 8.97 Å². The van der Waals surface area contributed by atoms with Crippen molar-refractivity contribution < 1.29 is 0 Å². The van der Waals surface area contributed by atoms with Gasteiger partial charge in [0.05, 0.1) is 17.7 Å². The quantitative estimate of drug-likeness (QED) is 0.122. The van der Waals surface area contributed by atoms with Gasteiger partial charge >= 0.3 is 0 Å². The van der Waals surface area contributed by atoms with Gasteiger partial charge in [-0.25, -0.2) is 4.98 Å². The molecular formula is C59H63N4S+. The van der Waals surface area contributed by atoms with E-state index in [1.54, 1.807) is 0 Å². The summed E-state index contributed by atoms with van der Waals surface area (Å²) in [6.45, 7) is 31.3. The summed E-state index contributed by atoms with van der Waals surface area (Å²) in [5.41, 5.74) is 15.8. The molecule has 2 aromatic heterocycles. The lowest BCUT2D eigenvalue weighted by Gasteiger charge is -2.56. The van der Waals surface area contributed by atoms with E-state index in [9.17, 15) is 0 Å². The zero-order valence-corrected chi connectivity index (χ0v) is 40.7. The Morgan fingerprint density at radius 1 is 0.500 bits per heavy atom. The molecule has 324 valence electrons. The Hall–Kier alpha value is -5.46. The summed E-state index contributed by atoms with van der Waals surface area (Å²) in [6.07, 6.45) is 1.96. The van der Waals surface area contributed by atoms with Crippen LogP contribution in [-0.4, -0.2) is 16.2 Å². The highest BCUT2D eigenvalue weighted by molar-refractivity contribution is 7.99. The monoisotopic (exact) mass is 859 g/mol. The predicted molar refractivity (Wildman–Crippen MR) is 274 cm³/mol. The second-order valence-electron chi connectivity index (χ2n) is 22.6. The van der Waals surface area contributed by atoms with Crippen LogP contribution in [0.1, 0.15) is 105 Å². The van der Waals surface area contributed by atoms with Crippen molar-refractivity contribution in [1.29, 1.82) is 0 Å². The van der Waals surface area contributed by atoms with Crippen LogP contribution in [0.2, 0.25) is 0 Å². The van der Waals surface area contributed by atoms with Crippen LogP contribution < -0.4 is 8.97 Å². The normalized spacial score (nSPS) is 18.7. The highest BCUT2D eigenvalue weighted by atomic mass is 32.2. The molecule has 8 aromatic rings. The largest absolute Gasteiger partial charge is 0.294 e. The molecule has 0 unspecified atom stereocenters. The molecule has 4 nitrogen and oxygen atoms in total. The Labute approximate surface area is 385 Å². The number of hydrogen-bond donors (Lipinski definition) is 0. The molecule has 5 heterocycles. The van der Waals surface area contributed by atoms with Gasteiger partial charge in [0.25, 0.3) is 0 Å². The maximum absolute atomic E-state index is 4.95. The molecule has 0 saturated carbocycles. The summed E-state index contributed by atoms with van der Waals surface area (Å²) >= 11 is 1.84. The highest BCUT2D eigenvalue weighted by Gasteiger charge is 2.64. The van der Waals surface area contributed by atoms with Crippen molar-refractivity contribution in [3.8, 4) is 16.9 Å². The van der Waals surface area contributed by atoms with Crippen LogP contribution in [0.15, 0.2) is 156 Å². The van der Waals surface area contributed by atoms with Crippen molar-refractivity contribution in [2.75, 3.05) is 6.67 Å². The maximum Gasteiger partial charge on any atom is 0.188 e. The van der Waals surface area contributed by atoms with Gasteiger partial charge in [0, 0.05) is 56.6 Å². The fraction of sp³-hybridized carbons (Fsp3) is 0.288. The Kier molecular flexibility index (Phi) is 9.64. The van der Waals surface area contributed by atoms with Crippen molar-refractivity contribution in [3.05, 3.63) is 175 Å². The molecule has 11 rings (SSSR count).